The summed E-state index contributed by atoms with van der Waals surface area (Å²) < 4.78 is 17.4. The Hall–Kier alpha value is -3.43. The van der Waals surface area contributed by atoms with Gasteiger partial charge in [-0.3, -0.25) is 0 Å². The van der Waals surface area contributed by atoms with Gasteiger partial charge in [0.25, 0.3) is 0 Å². The van der Waals surface area contributed by atoms with Crippen LogP contribution in [0.4, 0.5) is 4.79 Å². The molecule has 1 aliphatic rings. The second kappa shape index (κ2) is 18.5. The molecule has 0 unspecified atom stereocenters. The number of carbonyl (C=O) groups is 1. The van der Waals surface area contributed by atoms with Crippen molar-refractivity contribution in [2.24, 2.45) is 0 Å². The molecule has 1 atom stereocenters. The summed E-state index contributed by atoms with van der Waals surface area (Å²) in [5.41, 5.74) is 5.33. The molecule has 0 aromatic heterocycles. The fourth-order valence-corrected chi connectivity index (χ4v) is 5.28. The van der Waals surface area contributed by atoms with E-state index in [4.69, 9.17) is 14.2 Å². The summed E-state index contributed by atoms with van der Waals surface area (Å²) in [6, 6.07) is 24.0. The van der Waals surface area contributed by atoms with Crippen LogP contribution in [0.5, 0.6) is 5.75 Å². The number of carbonyl (C=O) groups excluding carboxylic acids is 1. The number of fused-ring (bicyclic) bond motifs is 1. The van der Waals surface area contributed by atoms with E-state index in [0.29, 0.717) is 26.2 Å². The molecule has 4 N–H and O–H groups in total. The number of hydrogen-bond donors (Lipinski definition) is 4. The van der Waals surface area contributed by atoms with Crippen molar-refractivity contribution in [3.63, 3.8) is 0 Å². The molecule has 0 saturated heterocycles. The van der Waals surface area contributed by atoms with Gasteiger partial charge in [0.2, 0.25) is 5.79 Å². The van der Waals surface area contributed by atoms with Crippen molar-refractivity contribution in [2.45, 2.75) is 90.4 Å². The van der Waals surface area contributed by atoms with E-state index in [9.17, 15) is 9.90 Å². The Morgan fingerprint density at radius 2 is 1.56 bits per heavy atom. The minimum absolute atomic E-state index is 0.160. The number of ether oxygens (including phenoxy) is 3. The summed E-state index contributed by atoms with van der Waals surface area (Å²) in [5, 5.41) is 19.8. The second-order valence-corrected chi connectivity index (χ2v) is 12.2. The number of aryl methyl sites for hydroxylation is 1. The molecule has 0 fully saturated rings. The molecule has 3 aromatic rings. The van der Waals surface area contributed by atoms with E-state index in [0.717, 1.165) is 92.7 Å². The Balaban J connectivity index is 0.954. The van der Waals surface area contributed by atoms with E-state index in [2.05, 4.69) is 34.1 Å². The van der Waals surface area contributed by atoms with E-state index < -0.39 is 11.9 Å². The molecule has 45 heavy (non-hydrogen) atoms. The van der Waals surface area contributed by atoms with Gasteiger partial charge in [0.05, 0.1) is 12.7 Å². The van der Waals surface area contributed by atoms with Crippen molar-refractivity contribution in [2.75, 3.05) is 26.3 Å². The monoisotopic (exact) mass is 617 g/mol. The van der Waals surface area contributed by atoms with Crippen LogP contribution in [-0.4, -0.2) is 43.2 Å². The van der Waals surface area contributed by atoms with Crippen LogP contribution >= 0.6 is 0 Å². The summed E-state index contributed by atoms with van der Waals surface area (Å²) >= 11 is 0. The second-order valence-electron chi connectivity index (χ2n) is 12.2. The number of benzene rings is 3. The van der Waals surface area contributed by atoms with Crippen LogP contribution in [0.25, 0.3) is 0 Å². The third kappa shape index (κ3) is 12.8. The topological polar surface area (TPSA) is 101 Å². The highest BCUT2D eigenvalue weighted by Gasteiger charge is 2.27. The highest BCUT2D eigenvalue weighted by molar-refractivity contribution is 5.73. The van der Waals surface area contributed by atoms with Crippen molar-refractivity contribution >= 4 is 6.03 Å². The lowest BCUT2D eigenvalue weighted by atomic mass is 10.0. The molecule has 0 bridgehead atoms. The average Bonchev–Trinajstić information content (AvgIpc) is 3.05. The molecule has 0 saturated carbocycles. The molecule has 1 heterocycles. The van der Waals surface area contributed by atoms with Crippen LogP contribution < -0.4 is 20.7 Å². The van der Waals surface area contributed by atoms with Gasteiger partial charge < -0.3 is 35.3 Å². The van der Waals surface area contributed by atoms with Gasteiger partial charge in [-0.1, -0.05) is 73.5 Å². The first-order chi connectivity index (χ1) is 21.9. The molecule has 2 amide bonds. The first kappa shape index (κ1) is 34.4. The molecule has 0 spiro atoms. The fourth-order valence-electron chi connectivity index (χ4n) is 5.28. The number of aliphatic hydroxyl groups is 1. The van der Waals surface area contributed by atoms with Crippen molar-refractivity contribution in [1.29, 1.82) is 0 Å². The Labute approximate surface area is 268 Å². The SMILES string of the molecule is CC1(C)OCc2cc([C@H](O)CNCCCCCCOCCCCc3cccc(CNC(=O)NCc4ccccc4)c3)ccc2O1. The highest BCUT2D eigenvalue weighted by Crippen LogP contribution is 2.32. The van der Waals surface area contributed by atoms with E-state index in [1.54, 1.807) is 0 Å². The fraction of sp³-hybridized carbons (Fsp3) is 0.486. The molecular formula is C37H51N3O5. The van der Waals surface area contributed by atoms with Crippen LogP contribution in [0.2, 0.25) is 0 Å². The lowest BCUT2D eigenvalue weighted by Gasteiger charge is -2.33. The number of hydrogen-bond acceptors (Lipinski definition) is 6. The van der Waals surface area contributed by atoms with Gasteiger partial charge in [0.1, 0.15) is 5.75 Å². The maximum atomic E-state index is 12.1. The molecule has 0 aliphatic carbocycles. The first-order valence-corrected chi connectivity index (χ1v) is 16.4. The average molecular weight is 618 g/mol. The normalized spacial score (nSPS) is 14.3. The standard InChI is InChI=1S/C37H51N3O5/c1-37(2)44-28-33-24-32(18-19-35(33)45-37)34(41)27-38-20-9-3-4-10-21-43-22-11-8-13-29-16-12-17-31(23-29)26-40-36(42)39-25-30-14-6-5-7-15-30/h5-7,12,14-19,23-24,34,38,41H,3-4,8-11,13,20-22,25-28H2,1-2H3,(H2,39,40,42)/t34-/m1/s1. The Morgan fingerprint density at radius 1 is 0.844 bits per heavy atom. The molecule has 4 rings (SSSR count). The third-order valence-corrected chi connectivity index (χ3v) is 7.87. The zero-order chi connectivity index (χ0) is 31.7. The number of urea groups is 1. The zero-order valence-electron chi connectivity index (χ0n) is 27.0. The minimum Gasteiger partial charge on any atom is -0.463 e. The number of nitrogens with one attached hydrogen (secondary N) is 3. The minimum atomic E-state index is -0.611. The Kier molecular flexibility index (Phi) is 14.2. The third-order valence-electron chi connectivity index (χ3n) is 7.87. The van der Waals surface area contributed by atoms with Gasteiger partial charge in [0, 0.05) is 52.3 Å². The van der Waals surface area contributed by atoms with Gasteiger partial charge >= 0.3 is 6.03 Å². The Morgan fingerprint density at radius 3 is 2.38 bits per heavy atom. The van der Waals surface area contributed by atoms with E-state index >= 15 is 0 Å². The zero-order valence-corrected chi connectivity index (χ0v) is 27.0. The lowest BCUT2D eigenvalue weighted by Crippen LogP contribution is -2.35. The number of aliphatic hydroxyl groups excluding tert-OH is 1. The molecule has 3 aromatic carbocycles. The maximum Gasteiger partial charge on any atom is 0.315 e. The van der Waals surface area contributed by atoms with Crippen molar-refractivity contribution in [3.05, 3.63) is 101 Å². The molecule has 0 radical (unpaired) electrons. The summed E-state index contributed by atoms with van der Waals surface area (Å²) in [4.78, 5) is 12.1. The highest BCUT2D eigenvalue weighted by atomic mass is 16.7. The van der Waals surface area contributed by atoms with Crippen LogP contribution in [0, 0.1) is 0 Å². The molecule has 1 aliphatic heterocycles. The van der Waals surface area contributed by atoms with E-state index in [1.165, 1.54) is 5.56 Å². The lowest BCUT2D eigenvalue weighted by molar-refractivity contribution is -0.180. The van der Waals surface area contributed by atoms with Crippen LogP contribution in [0.15, 0.2) is 72.8 Å². The van der Waals surface area contributed by atoms with Crippen LogP contribution in [-0.2, 0) is 35.6 Å². The van der Waals surface area contributed by atoms with Crippen molar-refractivity contribution in [3.8, 4) is 5.75 Å². The molecule has 8 nitrogen and oxygen atoms in total. The van der Waals surface area contributed by atoms with E-state index in [-0.39, 0.29) is 6.03 Å². The Bertz CT molecular complexity index is 1300. The number of rotatable bonds is 19. The first-order valence-electron chi connectivity index (χ1n) is 16.4. The van der Waals surface area contributed by atoms with Gasteiger partial charge in [-0.2, -0.15) is 0 Å². The largest absolute Gasteiger partial charge is 0.463 e. The quantitative estimate of drug-likeness (QED) is 0.114. The van der Waals surface area contributed by atoms with Gasteiger partial charge in [-0.25, -0.2) is 4.79 Å². The van der Waals surface area contributed by atoms with Gasteiger partial charge in [0.15, 0.2) is 0 Å². The molecule has 244 valence electrons. The van der Waals surface area contributed by atoms with Crippen molar-refractivity contribution in [1.82, 2.24) is 16.0 Å². The van der Waals surface area contributed by atoms with E-state index in [1.807, 2.05) is 68.4 Å². The summed E-state index contributed by atoms with van der Waals surface area (Å²) in [6.07, 6.45) is 7.03. The van der Waals surface area contributed by atoms with Gasteiger partial charge in [-0.05, 0) is 73.0 Å². The van der Waals surface area contributed by atoms with Crippen LogP contribution in [0.3, 0.4) is 0 Å². The predicted molar refractivity (Wildman–Crippen MR) is 178 cm³/mol. The molecular weight excluding hydrogens is 566 g/mol. The summed E-state index contributed by atoms with van der Waals surface area (Å²) in [6.45, 7) is 8.34. The number of amides is 2. The summed E-state index contributed by atoms with van der Waals surface area (Å²) in [5.74, 6) is 0.216. The molecule has 8 heteroatoms. The number of unbranched alkanes of at least 4 members (excludes halogenated alkanes) is 4. The van der Waals surface area contributed by atoms with Crippen molar-refractivity contribution < 1.29 is 24.1 Å². The predicted octanol–water partition coefficient (Wildman–Crippen LogP) is 6.55. The smallest absolute Gasteiger partial charge is 0.315 e. The maximum absolute atomic E-state index is 12.1. The summed E-state index contributed by atoms with van der Waals surface area (Å²) in [7, 11) is 0. The van der Waals surface area contributed by atoms with Crippen LogP contribution in [0.1, 0.15) is 86.3 Å². The van der Waals surface area contributed by atoms with Gasteiger partial charge in [-0.15, -0.1) is 0 Å².